The van der Waals surface area contributed by atoms with Gasteiger partial charge in [0.15, 0.2) is 0 Å². The van der Waals surface area contributed by atoms with E-state index in [0.29, 0.717) is 18.4 Å². The first-order valence-corrected chi connectivity index (χ1v) is 7.92. The van der Waals surface area contributed by atoms with E-state index in [2.05, 4.69) is 10.6 Å². The third kappa shape index (κ3) is 3.65. The lowest BCUT2D eigenvalue weighted by Gasteiger charge is -2.20. The van der Waals surface area contributed by atoms with E-state index < -0.39 is 4.92 Å². The van der Waals surface area contributed by atoms with Gasteiger partial charge in [-0.05, 0) is 42.7 Å². The molecular weight excluding hydrogens is 322 g/mol. The molecule has 2 aromatic carbocycles. The smallest absolute Gasteiger partial charge is 0.269 e. The molecule has 0 aliphatic carbocycles. The summed E-state index contributed by atoms with van der Waals surface area (Å²) in [5, 5.41) is 16.4. The Balaban J connectivity index is 1.71. The normalized spacial score (nSPS) is 14.2. The van der Waals surface area contributed by atoms with Crippen molar-refractivity contribution in [2.24, 2.45) is 0 Å². The summed E-state index contributed by atoms with van der Waals surface area (Å²) in [6.45, 7) is 1.87. The van der Waals surface area contributed by atoms with Crippen LogP contribution in [0.2, 0.25) is 0 Å². The van der Waals surface area contributed by atoms with E-state index in [1.807, 2.05) is 25.1 Å². The molecule has 3 rings (SSSR count). The number of nitrogens with one attached hydrogen (secondary N) is 2. The summed E-state index contributed by atoms with van der Waals surface area (Å²) >= 11 is 0. The second-order valence-electron chi connectivity index (χ2n) is 5.96. The Morgan fingerprint density at radius 1 is 1.20 bits per heavy atom. The molecule has 0 bridgehead atoms. The van der Waals surface area contributed by atoms with E-state index in [4.69, 9.17) is 0 Å². The fourth-order valence-electron chi connectivity index (χ4n) is 2.77. The maximum absolute atomic E-state index is 12.3. The Kier molecular flexibility index (Phi) is 4.47. The number of hydrogen-bond acceptors (Lipinski definition) is 4. The minimum absolute atomic E-state index is 0.0137. The number of carbonyl (C=O) groups excluding carboxylic acids is 2. The lowest BCUT2D eigenvalue weighted by molar-refractivity contribution is -0.384. The monoisotopic (exact) mass is 339 g/mol. The molecule has 1 aliphatic heterocycles. The van der Waals surface area contributed by atoms with Crippen molar-refractivity contribution >= 4 is 23.2 Å². The van der Waals surface area contributed by atoms with Gasteiger partial charge in [0, 0.05) is 29.8 Å². The zero-order valence-corrected chi connectivity index (χ0v) is 13.6. The topological polar surface area (TPSA) is 101 Å². The number of amides is 2. The number of nitro groups is 1. The van der Waals surface area contributed by atoms with E-state index in [-0.39, 0.29) is 23.5 Å². The summed E-state index contributed by atoms with van der Waals surface area (Å²) in [4.78, 5) is 33.9. The van der Waals surface area contributed by atoms with Crippen molar-refractivity contribution < 1.29 is 14.5 Å². The number of fused-ring (bicyclic) bond motifs is 1. The van der Waals surface area contributed by atoms with Crippen molar-refractivity contribution in [3.63, 3.8) is 0 Å². The van der Waals surface area contributed by atoms with Gasteiger partial charge in [0.25, 0.3) is 11.6 Å². The van der Waals surface area contributed by atoms with Gasteiger partial charge in [0.05, 0.1) is 11.0 Å². The molecule has 2 amide bonds. The minimum atomic E-state index is -0.504. The summed E-state index contributed by atoms with van der Waals surface area (Å²) in [5.41, 5.74) is 3.11. The van der Waals surface area contributed by atoms with Crippen molar-refractivity contribution in [3.8, 4) is 0 Å². The van der Waals surface area contributed by atoms with Gasteiger partial charge in [-0.25, -0.2) is 0 Å². The Bertz CT molecular complexity index is 846. The van der Waals surface area contributed by atoms with Crippen molar-refractivity contribution in [2.75, 3.05) is 5.32 Å². The molecule has 128 valence electrons. The quantitative estimate of drug-likeness (QED) is 0.660. The number of nitrogens with zero attached hydrogens (tertiary/aromatic N) is 1. The lowest BCUT2D eigenvalue weighted by Crippen LogP contribution is -2.27. The average molecular weight is 339 g/mol. The second-order valence-corrected chi connectivity index (χ2v) is 5.96. The lowest BCUT2D eigenvalue weighted by atomic mass is 9.97. The largest absolute Gasteiger partial charge is 0.346 e. The molecular formula is C18H17N3O4. The molecule has 0 radical (unpaired) electrons. The van der Waals surface area contributed by atoms with Crippen LogP contribution < -0.4 is 10.6 Å². The van der Waals surface area contributed by atoms with Crippen LogP contribution in [0.5, 0.6) is 0 Å². The number of hydrogen-bond donors (Lipinski definition) is 2. The molecule has 7 heteroatoms. The van der Waals surface area contributed by atoms with Gasteiger partial charge in [-0.15, -0.1) is 0 Å². The Morgan fingerprint density at radius 3 is 2.60 bits per heavy atom. The second kappa shape index (κ2) is 6.72. The van der Waals surface area contributed by atoms with Gasteiger partial charge >= 0.3 is 0 Å². The number of nitro benzene ring substituents is 1. The Hall–Kier alpha value is -3.22. The van der Waals surface area contributed by atoms with Gasteiger partial charge in [0.2, 0.25) is 5.91 Å². The molecule has 2 aromatic rings. The number of benzene rings is 2. The highest BCUT2D eigenvalue weighted by Gasteiger charge is 2.18. The fraction of sp³-hybridized carbons (Fsp3) is 0.222. The average Bonchev–Trinajstić information content (AvgIpc) is 2.61. The molecule has 0 fully saturated rings. The van der Waals surface area contributed by atoms with E-state index in [0.717, 1.165) is 16.8 Å². The molecule has 1 aliphatic rings. The molecule has 25 heavy (non-hydrogen) atoms. The summed E-state index contributed by atoms with van der Waals surface area (Å²) in [5.74, 6) is -0.284. The number of rotatable bonds is 4. The standard InChI is InChI=1S/C18H17N3O4/c1-11(13-4-8-16-14(10-13)5-9-17(22)20-16)19-18(23)12-2-6-15(7-3-12)21(24)25/h2-4,6-8,10-11H,5,9H2,1H3,(H,19,23)(H,20,22)/t11-/m0/s1. The highest BCUT2D eigenvalue weighted by molar-refractivity contribution is 5.95. The Morgan fingerprint density at radius 2 is 1.92 bits per heavy atom. The van der Waals surface area contributed by atoms with Crippen molar-refractivity contribution in [1.29, 1.82) is 0 Å². The van der Waals surface area contributed by atoms with Crippen LogP contribution in [0.25, 0.3) is 0 Å². The number of aryl methyl sites for hydroxylation is 1. The first-order valence-electron chi connectivity index (χ1n) is 7.92. The van der Waals surface area contributed by atoms with E-state index in [1.165, 1.54) is 24.3 Å². The Labute approximate surface area is 144 Å². The van der Waals surface area contributed by atoms with Crippen LogP contribution >= 0.6 is 0 Å². The molecule has 0 saturated heterocycles. The van der Waals surface area contributed by atoms with Gasteiger partial charge in [-0.1, -0.05) is 12.1 Å². The molecule has 0 aromatic heterocycles. The molecule has 2 N–H and O–H groups in total. The van der Waals surface area contributed by atoms with Crippen LogP contribution in [0, 0.1) is 10.1 Å². The summed E-state index contributed by atoms with van der Waals surface area (Å²) in [6, 6.07) is 10.9. The predicted molar refractivity (Wildman–Crippen MR) is 92.4 cm³/mol. The van der Waals surface area contributed by atoms with Gasteiger partial charge in [0.1, 0.15) is 0 Å². The fourth-order valence-corrected chi connectivity index (χ4v) is 2.77. The highest BCUT2D eigenvalue weighted by Crippen LogP contribution is 2.26. The number of carbonyl (C=O) groups is 2. The zero-order chi connectivity index (χ0) is 18.0. The first-order chi connectivity index (χ1) is 11.9. The minimum Gasteiger partial charge on any atom is -0.346 e. The van der Waals surface area contributed by atoms with Gasteiger partial charge in [-0.3, -0.25) is 19.7 Å². The van der Waals surface area contributed by atoms with Gasteiger partial charge < -0.3 is 10.6 Å². The van der Waals surface area contributed by atoms with Crippen molar-refractivity contribution in [1.82, 2.24) is 5.32 Å². The predicted octanol–water partition coefficient (Wildman–Crippen LogP) is 2.97. The molecule has 0 spiro atoms. The maximum Gasteiger partial charge on any atom is 0.269 e. The summed E-state index contributed by atoms with van der Waals surface area (Å²) in [7, 11) is 0. The van der Waals surface area contributed by atoms with Gasteiger partial charge in [-0.2, -0.15) is 0 Å². The molecule has 0 unspecified atom stereocenters. The van der Waals surface area contributed by atoms with Crippen LogP contribution in [-0.2, 0) is 11.2 Å². The van der Waals surface area contributed by atoms with Crippen LogP contribution in [-0.4, -0.2) is 16.7 Å². The zero-order valence-electron chi connectivity index (χ0n) is 13.6. The molecule has 1 atom stereocenters. The van der Waals surface area contributed by atoms with E-state index in [9.17, 15) is 19.7 Å². The number of anilines is 1. The van der Waals surface area contributed by atoms with Crippen LogP contribution in [0.15, 0.2) is 42.5 Å². The summed E-state index contributed by atoms with van der Waals surface area (Å²) in [6.07, 6.45) is 1.14. The maximum atomic E-state index is 12.3. The molecule has 7 nitrogen and oxygen atoms in total. The summed E-state index contributed by atoms with van der Waals surface area (Å²) < 4.78 is 0. The molecule has 0 saturated carbocycles. The third-order valence-electron chi connectivity index (χ3n) is 4.21. The van der Waals surface area contributed by atoms with Crippen LogP contribution in [0.4, 0.5) is 11.4 Å². The van der Waals surface area contributed by atoms with E-state index in [1.54, 1.807) is 0 Å². The first kappa shape index (κ1) is 16.6. The SMILES string of the molecule is C[C@H](NC(=O)c1ccc([N+](=O)[O-])cc1)c1ccc2c(c1)CCC(=O)N2. The van der Waals surface area contributed by atoms with E-state index >= 15 is 0 Å². The van der Waals surface area contributed by atoms with Crippen LogP contribution in [0.1, 0.15) is 40.9 Å². The highest BCUT2D eigenvalue weighted by atomic mass is 16.6. The van der Waals surface area contributed by atoms with Crippen LogP contribution in [0.3, 0.4) is 0 Å². The van der Waals surface area contributed by atoms with Crippen molar-refractivity contribution in [3.05, 3.63) is 69.3 Å². The molecule has 1 heterocycles. The number of non-ortho nitro benzene ring substituents is 1. The third-order valence-corrected chi connectivity index (χ3v) is 4.21. The van der Waals surface area contributed by atoms with Crippen molar-refractivity contribution in [2.45, 2.75) is 25.8 Å².